The largest absolute Gasteiger partial charge is 0.443 e. The molecule has 0 atom stereocenters. The van der Waals surface area contributed by atoms with Crippen molar-refractivity contribution in [1.82, 2.24) is 5.43 Å². The lowest BCUT2D eigenvalue weighted by Crippen LogP contribution is -2.35. The number of primary amides is 1. The van der Waals surface area contributed by atoms with Crippen LogP contribution in [-0.2, 0) is 4.74 Å². The lowest BCUT2D eigenvalue weighted by molar-refractivity contribution is 0.0513. The Labute approximate surface area is 133 Å². The molecule has 0 aliphatic carbocycles. The Kier molecular flexibility index (Phi) is 5.92. The van der Waals surface area contributed by atoms with Crippen molar-refractivity contribution in [3.63, 3.8) is 0 Å². The van der Waals surface area contributed by atoms with Gasteiger partial charge in [-0.05, 0) is 43.8 Å². The van der Waals surface area contributed by atoms with Gasteiger partial charge in [-0.15, -0.1) is 0 Å². The van der Waals surface area contributed by atoms with Gasteiger partial charge in [-0.2, -0.15) is 5.10 Å². The maximum Gasteiger partial charge on any atom is 0.405 e. The Morgan fingerprint density at radius 3 is 2.43 bits per heavy atom. The number of nitrogens with two attached hydrogens (primary N) is 2. The van der Waals surface area contributed by atoms with Gasteiger partial charge in [0.25, 0.3) is 0 Å². The molecule has 1 aromatic carbocycles. The molecule has 114 valence electrons. The van der Waals surface area contributed by atoms with Gasteiger partial charge < -0.3 is 16.2 Å². The van der Waals surface area contributed by atoms with Crippen molar-refractivity contribution >= 4 is 40.7 Å². The Morgan fingerprint density at radius 1 is 1.38 bits per heavy atom. The maximum absolute atomic E-state index is 10.9. The first-order chi connectivity index (χ1) is 9.69. The van der Waals surface area contributed by atoms with E-state index in [0.29, 0.717) is 17.2 Å². The van der Waals surface area contributed by atoms with Crippen LogP contribution in [0.15, 0.2) is 29.4 Å². The Bertz CT molecular complexity index is 558. The summed E-state index contributed by atoms with van der Waals surface area (Å²) in [7, 11) is 0. The number of hydrazone groups is 1. The number of hydrogen-bond acceptors (Lipinski definition) is 4. The number of halogens is 1. The molecule has 0 spiro atoms. The molecular formula is C13H17ClN4O2S. The second-order valence-corrected chi connectivity index (χ2v) is 5.78. The molecule has 0 saturated heterocycles. The minimum Gasteiger partial charge on any atom is -0.443 e. The minimum atomic E-state index is -0.849. The molecule has 0 aliphatic heterocycles. The van der Waals surface area contributed by atoms with Gasteiger partial charge in [-0.25, -0.2) is 4.79 Å². The summed E-state index contributed by atoms with van der Waals surface area (Å²) >= 11 is 10.6. The molecule has 0 radical (unpaired) electrons. The number of hydrogen-bond donors (Lipinski definition) is 3. The van der Waals surface area contributed by atoms with Crippen molar-refractivity contribution in [2.24, 2.45) is 16.6 Å². The monoisotopic (exact) mass is 328 g/mol. The number of thiocarbonyl (C=S) groups is 1. The van der Waals surface area contributed by atoms with Crippen LogP contribution in [0.3, 0.4) is 0 Å². The van der Waals surface area contributed by atoms with Crippen LogP contribution < -0.4 is 16.9 Å². The summed E-state index contributed by atoms with van der Waals surface area (Å²) in [6.07, 6.45) is -0.537. The van der Waals surface area contributed by atoms with Gasteiger partial charge in [-0.3, -0.25) is 5.43 Å². The van der Waals surface area contributed by atoms with Crippen LogP contribution in [0.2, 0.25) is 5.02 Å². The molecule has 8 heteroatoms. The first-order valence-electron chi connectivity index (χ1n) is 6.06. The second kappa shape index (κ2) is 7.24. The number of carbonyl (C=O) groups is 1. The molecule has 1 rings (SSSR count). The summed E-state index contributed by atoms with van der Waals surface area (Å²) in [6, 6.07) is 7.05. The van der Waals surface area contributed by atoms with E-state index in [4.69, 9.17) is 40.0 Å². The zero-order chi connectivity index (χ0) is 16.0. The van der Waals surface area contributed by atoms with Gasteiger partial charge in [0, 0.05) is 11.4 Å². The third-order valence-electron chi connectivity index (χ3n) is 2.45. The summed E-state index contributed by atoms with van der Waals surface area (Å²) < 4.78 is 5.06. The molecule has 0 heterocycles. The predicted molar refractivity (Wildman–Crippen MR) is 87.3 cm³/mol. The maximum atomic E-state index is 10.9. The highest BCUT2D eigenvalue weighted by atomic mass is 35.5. The molecule has 0 fully saturated rings. The zero-order valence-corrected chi connectivity index (χ0v) is 13.3. The predicted octanol–water partition coefficient (Wildman–Crippen LogP) is 2.14. The van der Waals surface area contributed by atoms with Crippen molar-refractivity contribution in [3.8, 4) is 0 Å². The Morgan fingerprint density at radius 2 is 1.95 bits per heavy atom. The highest BCUT2D eigenvalue weighted by Crippen LogP contribution is 2.20. The molecule has 1 amide bonds. The SMILES string of the molecule is CC(C)(CC(=NNC(N)=S)c1ccc(Cl)cc1)OC(N)=O. The fourth-order valence-corrected chi connectivity index (χ4v) is 1.85. The number of nitrogens with zero attached hydrogens (tertiary/aromatic N) is 1. The quantitative estimate of drug-likeness (QED) is 0.436. The number of amides is 1. The zero-order valence-electron chi connectivity index (χ0n) is 11.7. The number of rotatable bonds is 5. The third-order valence-corrected chi connectivity index (χ3v) is 2.79. The number of carbonyl (C=O) groups excluding carboxylic acids is 1. The number of benzene rings is 1. The summed E-state index contributed by atoms with van der Waals surface area (Å²) in [6.45, 7) is 3.45. The Balaban J connectivity index is 3.03. The normalized spacial score (nSPS) is 11.9. The standard InChI is InChI=1S/C13H17ClN4O2S/c1-13(2,20-12(16)19)7-10(17-18-11(15)21)8-3-5-9(14)6-4-8/h3-6H,7H2,1-2H3,(H2,16,19)(H3,15,18,21). The van der Waals surface area contributed by atoms with E-state index in [1.807, 2.05) is 0 Å². The van der Waals surface area contributed by atoms with Gasteiger partial charge in [0.05, 0.1) is 5.71 Å². The second-order valence-electron chi connectivity index (χ2n) is 4.90. The van der Waals surface area contributed by atoms with Crippen LogP contribution >= 0.6 is 23.8 Å². The van der Waals surface area contributed by atoms with Crippen molar-refractivity contribution in [2.45, 2.75) is 25.9 Å². The van der Waals surface area contributed by atoms with E-state index in [-0.39, 0.29) is 5.11 Å². The van der Waals surface area contributed by atoms with E-state index >= 15 is 0 Å². The van der Waals surface area contributed by atoms with Crippen LogP contribution in [0, 0.1) is 0 Å². The summed E-state index contributed by atoms with van der Waals surface area (Å²) in [5, 5.41) is 4.78. The molecule has 0 bridgehead atoms. The highest BCUT2D eigenvalue weighted by molar-refractivity contribution is 7.80. The van der Waals surface area contributed by atoms with E-state index in [1.54, 1.807) is 38.1 Å². The molecule has 0 aliphatic rings. The van der Waals surface area contributed by atoms with Crippen molar-refractivity contribution < 1.29 is 9.53 Å². The Hall–Kier alpha value is -1.86. The summed E-state index contributed by atoms with van der Waals surface area (Å²) in [5.74, 6) is 0. The van der Waals surface area contributed by atoms with Crippen LogP contribution in [0.4, 0.5) is 4.79 Å². The van der Waals surface area contributed by atoms with Gasteiger partial charge >= 0.3 is 6.09 Å². The summed E-state index contributed by atoms with van der Waals surface area (Å²) in [5.41, 5.74) is 13.5. The molecule has 5 N–H and O–H groups in total. The van der Waals surface area contributed by atoms with E-state index in [0.717, 1.165) is 5.56 Å². The fraction of sp³-hybridized carbons (Fsp3) is 0.308. The van der Waals surface area contributed by atoms with E-state index in [2.05, 4.69) is 10.5 Å². The van der Waals surface area contributed by atoms with Crippen molar-refractivity contribution in [1.29, 1.82) is 0 Å². The van der Waals surface area contributed by atoms with Gasteiger partial charge in [0.1, 0.15) is 5.60 Å². The average Bonchev–Trinajstić information content (AvgIpc) is 2.33. The van der Waals surface area contributed by atoms with Crippen molar-refractivity contribution in [2.75, 3.05) is 0 Å². The third kappa shape index (κ3) is 6.42. The van der Waals surface area contributed by atoms with Crippen molar-refractivity contribution in [3.05, 3.63) is 34.9 Å². The fourth-order valence-electron chi connectivity index (χ4n) is 1.68. The topological polar surface area (TPSA) is 103 Å². The molecule has 0 aromatic heterocycles. The van der Waals surface area contributed by atoms with Crippen LogP contribution in [0.1, 0.15) is 25.8 Å². The van der Waals surface area contributed by atoms with Crippen LogP contribution in [0.5, 0.6) is 0 Å². The molecule has 1 aromatic rings. The van der Waals surface area contributed by atoms with E-state index < -0.39 is 11.7 Å². The number of ether oxygens (including phenoxy) is 1. The molecule has 0 unspecified atom stereocenters. The first kappa shape index (κ1) is 17.2. The average molecular weight is 329 g/mol. The lowest BCUT2D eigenvalue weighted by atomic mass is 9.96. The van der Waals surface area contributed by atoms with Crippen LogP contribution in [0.25, 0.3) is 0 Å². The molecule has 21 heavy (non-hydrogen) atoms. The smallest absolute Gasteiger partial charge is 0.405 e. The van der Waals surface area contributed by atoms with Crippen LogP contribution in [-0.4, -0.2) is 22.5 Å². The molecular weight excluding hydrogens is 312 g/mol. The van der Waals surface area contributed by atoms with Gasteiger partial charge in [0.15, 0.2) is 5.11 Å². The minimum absolute atomic E-state index is 0.0371. The number of nitrogens with one attached hydrogen (secondary N) is 1. The first-order valence-corrected chi connectivity index (χ1v) is 6.84. The van der Waals surface area contributed by atoms with E-state index in [1.165, 1.54) is 0 Å². The lowest BCUT2D eigenvalue weighted by Gasteiger charge is -2.24. The van der Waals surface area contributed by atoms with Gasteiger partial charge in [-0.1, -0.05) is 23.7 Å². The summed E-state index contributed by atoms with van der Waals surface area (Å²) in [4.78, 5) is 10.9. The highest BCUT2D eigenvalue weighted by Gasteiger charge is 2.25. The molecule has 6 nitrogen and oxygen atoms in total. The van der Waals surface area contributed by atoms with Gasteiger partial charge in [0.2, 0.25) is 0 Å². The molecule has 0 saturated carbocycles. The van der Waals surface area contributed by atoms with E-state index in [9.17, 15) is 4.79 Å².